The molecule has 1 aliphatic heterocycles. The summed E-state index contributed by atoms with van der Waals surface area (Å²) in [5.41, 5.74) is 5.03. The Morgan fingerprint density at radius 1 is 1.33 bits per heavy atom. The highest BCUT2D eigenvalue weighted by Crippen LogP contribution is 2.34. The normalized spacial score (nSPS) is 33.0. The van der Waals surface area contributed by atoms with Crippen LogP contribution >= 0.6 is 0 Å². The van der Waals surface area contributed by atoms with E-state index in [-0.39, 0.29) is 18.1 Å². The average molecular weight is 297 g/mol. The lowest BCUT2D eigenvalue weighted by atomic mass is 9.90. The second-order valence-corrected chi connectivity index (χ2v) is 6.35. The summed E-state index contributed by atoms with van der Waals surface area (Å²) in [5.74, 6) is -0.884. The Bertz CT molecular complexity index is 402. The number of urea groups is 1. The summed E-state index contributed by atoms with van der Waals surface area (Å²) in [6.07, 6.45) is 6.52. The molecule has 120 valence electrons. The maximum absolute atomic E-state index is 12.5. The molecule has 4 N–H and O–H groups in total. The zero-order valence-corrected chi connectivity index (χ0v) is 12.8. The molecule has 2 amide bonds. The molecule has 0 bridgehead atoms. The molecule has 1 heterocycles. The third-order valence-electron chi connectivity index (χ3n) is 4.92. The lowest BCUT2D eigenvalue weighted by Gasteiger charge is -2.37. The van der Waals surface area contributed by atoms with Crippen LogP contribution in [0.25, 0.3) is 0 Å². The van der Waals surface area contributed by atoms with Crippen molar-refractivity contribution in [3.63, 3.8) is 0 Å². The van der Waals surface area contributed by atoms with Crippen molar-refractivity contribution in [1.29, 1.82) is 0 Å². The van der Waals surface area contributed by atoms with Crippen LogP contribution in [0.5, 0.6) is 0 Å². The van der Waals surface area contributed by atoms with Crippen molar-refractivity contribution in [1.82, 2.24) is 10.2 Å². The van der Waals surface area contributed by atoms with E-state index in [0.717, 1.165) is 38.5 Å². The maximum atomic E-state index is 12.5. The number of nitrogens with one attached hydrogen (secondary N) is 1. The third kappa shape index (κ3) is 3.15. The largest absolute Gasteiger partial charge is 0.479 e. The molecular weight excluding hydrogens is 270 g/mol. The molecule has 21 heavy (non-hydrogen) atoms. The molecule has 2 aliphatic rings. The van der Waals surface area contributed by atoms with Crippen molar-refractivity contribution in [2.75, 3.05) is 6.54 Å². The molecule has 0 radical (unpaired) electrons. The highest BCUT2D eigenvalue weighted by Gasteiger charge is 2.49. The number of carboxylic acids is 1. The van der Waals surface area contributed by atoms with Gasteiger partial charge in [-0.2, -0.15) is 0 Å². The van der Waals surface area contributed by atoms with Gasteiger partial charge in [-0.05, 0) is 32.1 Å². The highest BCUT2D eigenvalue weighted by molar-refractivity contribution is 5.87. The first-order valence-electron chi connectivity index (χ1n) is 8.08. The number of rotatable bonds is 4. The summed E-state index contributed by atoms with van der Waals surface area (Å²) >= 11 is 0. The molecule has 3 unspecified atom stereocenters. The van der Waals surface area contributed by atoms with Gasteiger partial charge in [0.15, 0.2) is 0 Å². The molecular formula is C15H27N3O3. The van der Waals surface area contributed by atoms with Gasteiger partial charge in [-0.1, -0.05) is 26.2 Å². The van der Waals surface area contributed by atoms with Gasteiger partial charge in [0.2, 0.25) is 0 Å². The van der Waals surface area contributed by atoms with Crippen LogP contribution in [0.4, 0.5) is 4.79 Å². The molecule has 6 heteroatoms. The van der Waals surface area contributed by atoms with Gasteiger partial charge in [-0.25, -0.2) is 9.59 Å². The van der Waals surface area contributed by atoms with E-state index in [4.69, 9.17) is 5.73 Å². The monoisotopic (exact) mass is 297 g/mol. The van der Waals surface area contributed by atoms with E-state index in [1.807, 2.05) is 6.92 Å². The Morgan fingerprint density at radius 2 is 2.05 bits per heavy atom. The highest BCUT2D eigenvalue weighted by atomic mass is 16.4. The summed E-state index contributed by atoms with van der Waals surface area (Å²) in [6, 6.07) is -0.304. The lowest BCUT2D eigenvalue weighted by molar-refractivity contribution is -0.148. The summed E-state index contributed by atoms with van der Waals surface area (Å²) in [4.78, 5) is 25.8. The van der Waals surface area contributed by atoms with Gasteiger partial charge in [0, 0.05) is 18.6 Å². The topological polar surface area (TPSA) is 95.7 Å². The number of amides is 2. The predicted molar refractivity (Wildman–Crippen MR) is 80.0 cm³/mol. The van der Waals surface area contributed by atoms with Crippen molar-refractivity contribution < 1.29 is 14.7 Å². The SMILES string of the molecule is CCCC1(C(=O)O)CCCN1C(=O)NC1CCCCC1N. The number of nitrogens with two attached hydrogens (primary N) is 1. The number of carboxylic acid groups (broad SMARTS) is 1. The number of likely N-dealkylation sites (tertiary alicyclic amines) is 1. The average Bonchev–Trinajstić information content (AvgIpc) is 2.87. The van der Waals surface area contributed by atoms with Crippen molar-refractivity contribution in [2.24, 2.45) is 5.73 Å². The second-order valence-electron chi connectivity index (χ2n) is 6.35. The van der Waals surface area contributed by atoms with Crippen LogP contribution in [-0.4, -0.2) is 46.2 Å². The van der Waals surface area contributed by atoms with Crippen LogP contribution in [0, 0.1) is 0 Å². The standard InChI is InChI=1S/C15H27N3O3/c1-2-8-15(13(19)20)9-5-10-18(15)14(21)17-12-7-4-3-6-11(12)16/h11-12H,2-10,16H2,1H3,(H,17,21)(H,19,20). The molecule has 0 aromatic rings. The van der Waals surface area contributed by atoms with Crippen LogP contribution in [-0.2, 0) is 4.79 Å². The molecule has 1 aliphatic carbocycles. The molecule has 0 aromatic heterocycles. The van der Waals surface area contributed by atoms with Crippen LogP contribution in [0.1, 0.15) is 58.3 Å². The predicted octanol–water partition coefficient (Wildman–Crippen LogP) is 1.69. The molecule has 3 atom stereocenters. The van der Waals surface area contributed by atoms with Crippen LogP contribution in [0.2, 0.25) is 0 Å². The molecule has 2 rings (SSSR count). The van der Waals surface area contributed by atoms with E-state index in [2.05, 4.69) is 5.32 Å². The molecule has 1 saturated heterocycles. The second kappa shape index (κ2) is 6.64. The van der Waals surface area contributed by atoms with Crippen LogP contribution in [0.15, 0.2) is 0 Å². The van der Waals surface area contributed by atoms with Gasteiger partial charge in [-0.3, -0.25) is 0 Å². The Hall–Kier alpha value is -1.30. The number of hydrogen-bond donors (Lipinski definition) is 3. The first-order chi connectivity index (χ1) is 10.0. The lowest BCUT2D eigenvalue weighted by Crippen LogP contribution is -2.59. The van der Waals surface area contributed by atoms with E-state index in [1.54, 1.807) is 0 Å². The molecule has 1 saturated carbocycles. The fraction of sp³-hybridized carbons (Fsp3) is 0.867. The van der Waals surface area contributed by atoms with Crippen molar-refractivity contribution in [3.05, 3.63) is 0 Å². The number of hydrogen-bond acceptors (Lipinski definition) is 3. The Morgan fingerprint density at radius 3 is 2.67 bits per heavy atom. The maximum Gasteiger partial charge on any atom is 0.329 e. The fourth-order valence-electron chi connectivity index (χ4n) is 3.75. The molecule has 0 aromatic carbocycles. The van der Waals surface area contributed by atoms with Gasteiger partial charge >= 0.3 is 12.0 Å². The first-order valence-corrected chi connectivity index (χ1v) is 8.08. The smallest absolute Gasteiger partial charge is 0.329 e. The summed E-state index contributed by atoms with van der Waals surface area (Å²) in [5, 5.41) is 12.6. The van der Waals surface area contributed by atoms with E-state index in [0.29, 0.717) is 19.4 Å². The van der Waals surface area contributed by atoms with Crippen LogP contribution in [0.3, 0.4) is 0 Å². The number of nitrogens with zero attached hydrogens (tertiary/aromatic N) is 1. The van der Waals surface area contributed by atoms with E-state index >= 15 is 0 Å². The molecule has 6 nitrogen and oxygen atoms in total. The van der Waals surface area contributed by atoms with E-state index in [1.165, 1.54) is 4.90 Å². The zero-order chi connectivity index (χ0) is 15.5. The Labute approximate surface area is 126 Å². The third-order valence-corrected chi connectivity index (χ3v) is 4.92. The van der Waals surface area contributed by atoms with E-state index in [9.17, 15) is 14.7 Å². The first kappa shape index (κ1) is 16.1. The van der Waals surface area contributed by atoms with Gasteiger partial charge in [0.25, 0.3) is 0 Å². The quantitative estimate of drug-likeness (QED) is 0.735. The summed E-state index contributed by atoms with van der Waals surface area (Å²) in [7, 11) is 0. The zero-order valence-electron chi connectivity index (χ0n) is 12.8. The van der Waals surface area contributed by atoms with Gasteiger partial charge in [0.05, 0.1) is 0 Å². The number of aliphatic carboxylic acids is 1. The number of carbonyl (C=O) groups excluding carboxylic acids is 1. The van der Waals surface area contributed by atoms with Crippen molar-refractivity contribution in [3.8, 4) is 0 Å². The minimum Gasteiger partial charge on any atom is -0.479 e. The van der Waals surface area contributed by atoms with Gasteiger partial charge in [-0.15, -0.1) is 0 Å². The summed E-state index contributed by atoms with van der Waals surface area (Å²) in [6.45, 7) is 2.47. The Kier molecular flexibility index (Phi) is 5.08. The van der Waals surface area contributed by atoms with Crippen molar-refractivity contribution in [2.45, 2.75) is 75.9 Å². The summed E-state index contributed by atoms with van der Waals surface area (Å²) < 4.78 is 0. The molecule has 0 spiro atoms. The number of carbonyl (C=O) groups is 2. The minimum atomic E-state index is -1.03. The van der Waals surface area contributed by atoms with Crippen molar-refractivity contribution >= 4 is 12.0 Å². The van der Waals surface area contributed by atoms with Gasteiger partial charge in [0.1, 0.15) is 5.54 Å². The molecule has 2 fully saturated rings. The van der Waals surface area contributed by atoms with Crippen LogP contribution < -0.4 is 11.1 Å². The van der Waals surface area contributed by atoms with E-state index < -0.39 is 11.5 Å². The Balaban J connectivity index is 2.07. The fourth-order valence-corrected chi connectivity index (χ4v) is 3.75. The van der Waals surface area contributed by atoms with Gasteiger partial charge < -0.3 is 21.1 Å². The minimum absolute atomic E-state index is 0.0179.